The molecule has 0 saturated heterocycles. The maximum absolute atomic E-state index is 5.35. The summed E-state index contributed by atoms with van der Waals surface area (Å²) in [5.74, 6) is 2.98. The van der Waals surface area contributed by atoms with E-state index in [1.54, 1.807) is 18.9 Å². The van der Waals surface area contributed by atoms with Gasteiger partial charge in [0, 0.05) is 19.0 Å². The lowest BCUT2D eigenvalue weighted by Gasteiger charge is -2.07. The molecule has 0 saturated carbocycles. The lowest BCUT2D eigenvalue weighted by Crippen LogP contribution is -1.97. The van der Waals surface area contributed by atoms with E-state index in [-0.39, 0.29) is 5.25 Å². The maximum Gasteiger partial charge on any atom is 0.239 e. The Labute approximate surface area is 150 Å². The molecular formula is C17H21N5O2S. The summed E-state index contributed by atoms with van der Waals surface area (Å²) >= 11 is 1.55. The van der Waals surface area contributed by atoms with E-state index >= 15 is 0 Å². The standard InChI is InChI=1S/C17H21N5O2S/c1-5-6-14-18-16(24-21-14)11(2)25-17-20-19-15(22(17)3)12-7-9-13(23-4)10-8-12/h7-11H,5-6H2,1-4H3. The van der Waals surface area contributed by atoms with Gasteiger partial charge in [-0.3, -0.25) is 0 Å². The zero-order chi connectivity index (χ0) is 17.8. The van der Waals surface area contributed by atoms with Crippen LogP contribution in [-0.2, 0) is 13.5 Å². The fourth-order valence-corrected chi connectivity index (χ4v) is 3.22. The van der Waals surface area contributed by atoms with Crippen LogP contribution in [0.1, 0.15) is 37.2 Å². The average molecular weight is 359 g/mol. The third-order valence-electron chi connectivity index (χ3n) is 3.77. The van der Waals surface area contributed by atoms with E-state index in [9.17, 15) is 0 Å². The molecule has 8 heteroatoms. The Morgan fingerprint density at radius 3 is 2.68 bits per heavy atom. The monoisotopic (exact) mass is 359 g/mol. The number of aromatic nitrogens is 5. The van der Waals surface area contributed by atoms with Gasteiger partial charge in [0.2, 0.25) is 5.89 Å². The normalized spacial score (nSPS) is 12.3. The van der Waals surface area contributed by atoms with E-state index in [1.807, 2.05) is 42.8 Å². The second kappa shape index (κ2) is 7.69. The lowest BCUT2D eigenvalue weighted by atomic mass is 10.2. The highest BCUT2D eigenvalue weighted by atomic mass is 32.2. The molecule has 2 aromatic heterocycles. The van der Waals surface area contributed by atoms with Gasteiger partial charge in [-0.05, 0) is 37.6 Å². The van der Waals surface area contributed by atoms with Gasteiger partial charge >= 0.3 is 0 Å². The minimum atomic E-state index is 0.00437. The number of benzene rings is 1. The van der Waals surface area contributed by atoms with Crippen LogP contribution < -0.4 is 4.74 Å². The Hall–Kier alpha value is -2.35. The smallest absolute Gasteiger partial charge is 0.239 e. The van der Waals surface area contributed by atoms with Gasteiger partial charge in [-0.2, -0.15) is 4.98 Å². The van der Waals surface area contributed by atoms with Crippen LogP contribution in [-0.4, -0.2) is 32.0 Å². The van der Waals surface area contributed by atoms with Crippen LogP contribution in [0, 0.1) is 0 Å². The van der Waals surface area contributed by atoms with Gasteiger partial charge in [0.15, 0.2) is 16.8 Å². The minimum absolute atomic E-state index is 0.00437. The Balaban J connectivity index is 1.75. The summed E-state index contributed by atoms with van der Waals surface area (Å²) < 4.78 is 12.5. The molecule has 3 rings (SSSR count). The second-order valence-corrected chi connectivity index (χ2v) is 6.96. The first kappa shape index (κ1) is 17.5. The summed E-state index contributed by atoms with van der Waals surface area (Å²) in [5, 5.41) is 13.4. The van der Waals surface area contributed by atoms with E-state index in [2.05, 4.69) is 27.3 Å². The van der Waals surface area contributed by atoms with Crippen molar-refractivity contribution in [3.63, 3.8) is 0 Å². The molecule has 0 fully saturated rings. The molecule has 2 heterocycles. The molecular weight excluding hydrogens is 338 g/mol. The summed E-state index contributed by atoms with van der Waals surface area (Å²) in [7, 11) is 3.60. The minimum Gasteiger partial charge on any atom is -0.497 e. The first-order valence-corrected chi connectivity index (χ1v) is 9.03. The highest BCUT2D eigenvalue weighted by Crippen LogP contribution is 2.34. The van der Waals surface area contributed by atoms with Gasteiger partial charge in [-0.1, -0.05) is 23.8 Å². The van der Waals surface area contributed by atoms with Crippen LogP contribution in [0.25, 0.3) is 11.4 Å². The predicted octanol–water partition coefficient (Wildman–Crippen LogP) is 3.68. The van der Waals surface area contributed by atoms with Crippen LogP contribution in [0.4, 0.5) is 0 Å². The molecule has 0 spiro atoms. The van der Waals surface area contributed by atoms with Crippen LogP contribution in [0.2, 0.25) is 0 Å². The van der Waals surface area contributed by atoms with Gasteiger partial charge < -0.3 is 13.8 Å². The average Bonchev–Trinajstić information content (AvgIpc) is 3.23. The molecule has 0 radical (unpaired) electrons. The molecule has 3 aromatic rings. The Kier molecular flexibility index (Phi) is 5.37. The van der Waals surface area contributed by atoms with Crippen LogP contribution >= 0.6 is 11.8 Å². The first-order chi connectivity index (χ1) is 12.1. The molecule has 0 N–H and O–H groups in total. The zero-order valence-corrected chi connectivity index (χ0v) is 15.6. The fraction of sp³-hybridized carbons (Fsp3) is 0.412. The van der Waals surface area contributed by atoms with Gasteiger partial charge in [-0.15, -0.1) is 10.2 Å². The number of rotatable bonds is 7. The molecule has 0 bridgehead atoms. The van der Waals surface area contributed by atoms with Crippen molar-refractivity contribution < 1.29 is 9.26 Å². The largest absolute Gasteiger partial charge is 0.497 e. The molecule has 0 aliphatic carbocycles. The van der Waals surface area contributed by atoms with Crippen LogP contribution in [0.15, 0.2) is 33.9 Å². The van der Waals surface area contributed by atoms with Crippen molar-refractivity contribution in [1.29, 1.82) is 0 Å². The highest BCUT2D eigenvalue weighted by molar-refractivity contribution is 7.99. The van der Waals surface area contributed by atoms with E-state index in [4.69, 9.17) is 9.26 Å². The molecule has 0 aliphatic heterocycles. The quantitative estimate of drug-likeness (QED) is 0.595. The Morgan fingerprint density at radius 2 is 2.00 bits per heavy atom. The Bertz CT molecular complexity index is 828. The molecule has 1 aromatic carbocycles. The third-order valence-corrected chi connectivity index (χ3v) is 4.89. The number of hydrogen-bond donors (Lipinski definition) is 0. The summed E-state index contributed by atoms with van der Waals surface area (Å²) in [6, 6.07) is 7.76. The predicted molar refractivity (Wildman–Crippen MR) is 95.6 cm³/mol. The van der Waals surface area contributed by atoms with Crippen molar-refractivity contribution in [2.45, 2.75) is 37.1 Å². The number of nitrogens with zero attached hydrogens (tertiary/aromatic N) is 5. The lowest BCUT2D eigenvalue weighted by molar-refractivity contribution is 0.374. The summed E-state index contributed by atoms with van der Waals surface area (Å²) in [5.41, 5.74) is 0.985. The van der Waals surface area contributed by atoms with Crippen molar-refractivity contribution in [2.75, 3.05) is 7.11 Å². The van der Waals surface area contributed by atoms with Crippen LogP contribution in [0.3, 0.4) is 0 Å². The topological polar surface area (TPSA) is 78.9 Å². The molecule has 0 aliphatic rings. The molecule has 25 heavy (non-hydrogen) atoms. The van der Waals surface area contributed by atoms with Crippen LogP contribution in [0.5, 0.6) is 5.75 Å². The van der Waals surface area contributed by atoms with E-state index in [0.29, 0.717) is 5.89 Å². The molecule has 0 amide bonds. The number of hydrogen-bond acceptors (Lipinski definition) is 7. The summed E-state index contributed by atoms with van der Waals surface area (Å²) in [6.07, 6.45) is 1.82. The summed E-state index contributed by atoms with van der Waals surface area (Å²) in [4.78, 5) is 4.44. The molecule has 1 unspecified atom stereocenters. The Morgan fingerprint density at radius 1 is 1.24 bits per heavy atom. The molecule has 1 atom stereocenters. The first-order valence-electron chi connectivity index (χ1n) is 8.15. The second-order valence-electron chi connectivity index (χ2n) is 5.65. The number of thioether (sulfide) groups is 1. The van der Waals surface area contributed by atoms with Crippen molar-refractivity contribution >= 4 is 11.8 Å². The van der Waals surface area contributed by atoms with Gasteiger partial charge in [0.25, 0.3) is 0 Å². The van der Waals surface area contributed by atoms with E-state index in [0.717, 1.165) is 41.0 Å². The number of aryl methyl sites for hydroxylation is 1. The fourth-order valence-electron chi connectivity index (χ4n) is 2.38. The van der Waals surface area contributed by atoms with Crippen molar-refractivity contribution in [2.24, 2.45) is 7.05 Å². The maximum atomic E-state index is 5.35. The molecule has 7 nitrogen and oxygen atoms in total. The number of ether oxygens (including phenoxy) is 1. The van der Waals surface area contributed by atoms with E-state index in [1.165, 1.54) is 0 Å². The van der Waals surface area contributed by atoms with E-state index < -0.39 is 0 Å². The zero-order valence-electron chi connectivity index (χ0n) is 14.8. The van der Waals surface area contributed by atoms with Gasteiger partial charge in [0.05, 0.1) is 12.4 Å². The van der Waals surface area contributed by atoms with Gasteiger partial charge in [0.1, 0.15) is 5.75 Å². The SMILES string of the molecule is CCCc1noc(C(C)Sc2nnc(-c3ccc(OC)cc3)n2C)n1. The van der Waals surface area contributed by atoms with Crippen molar-refractivity contribution in [3.8, 4) is 17.1 Å². The van der Waals surface area contributed by atoms with Crippen molar-refractivity contribution in [3.05, 3.63) is 36.0 Å². The summed E-state index contributed by atoms with van der Waals surface area (Å²) in [6.45, 7) is 4.12. The molecule has 132 valence electrons. The van der Waals surface area contributed by atoms with Gasteiger partial charge in [-0.25, -0.2) is 0 Å². The highest BCUT2D eigenvalue weighted by Gasteiger charge is 2.19. The number of methoxy groups -OCH3 is 1. The van der Waals surface area contributed by atoms with Crippen molar-refractivity contribution in [1.82, 2.24) is 24.9 Å². The third kappa shape index (κ3) is 3.84.